The Hall–Kier alpha value is -2.05. The summed E-state index contributed by atoms with van der Waals surface area (Å²) in [5.41, 5.74) is 0.864. The number of rotatable bonds is 5. The van der Waals surface area contributed by atoms with E-state index in [2.05, 4.69) is 9.88 Å². The number of nitrogens with zero attached hydrogens (tertiary/aromatic N) is 2. The number of methoxy groups -OCH3 is 2. The third kappa shape index (κ3) is 3.48. The van der Waals surface area contributed by atoms with Crippen LogP contribution < -0.4 is 9.47 Å². The van der Waals surface area contributed by atoms with Gasteiger partial charge in [-0.2, -0.15) is 0 Å². The molecule has 2 aromatic heterocycles. The van der Waals surface area contributed by atoms with Crippen molar-refractivity contribution in [2.45, 2.75) is 19.6 Å². The lowest BCUT2D eigenvalue weighted by Gasteiger charge is -2.32. The van der Waals surface area contributed by atoms with Crippen molar-refractivity contribution in [1.29, 1.82) is 0 Å². The summed E-state index contributed by atoms with van der Waals surface area (Å²) in [6, 6.07) is 5.74. The van der Waals surface area contributed by atoms with Crippen molar-refractivity contribution in [2.24, 2.45) is 0 Å². The van der Waals surface area contributed by atoms with E-state index in [9.17, 15) is 0 Å². The van der Waals surface area contributed by atoms with Crippen LogP contribution in [-0.2, 0) is 11.3 Å². The molecule has 0 amide bonds. The summed E-state index contributed by atoms with van der Waals surface area (Å²) in [5.74, 6) is 3.16. The van der Waals surface area contributed by atoms with Crippen LogP contribution in [0.4, 0.5) is 0 Å². The maximum atomic E-state index is 5.83. The number of morpholine rings is 1. The first kappa shape index (κ1) is 15.8. The van der Waals surface area contributed by atoms with E-state index in [-0.39, 0.29) is 6.10 Å². The average Bonchev–Trinajstić information content (AvgIpc) is 3.01. The Balaban J connectivity index is 1.73. The smallest absolute Gasteiger partial charge is 0.183 e. The van der Waals surface area contributed by atoms with E-state index in [1.54, 1.807) is 26.5 Å². The van der Waals surface area contributed by atoms with Gasteiger partial charge in [0.15, 0.2) is 11.5 Å². The number of aryl methyl sites for hydroxylation is 1. The summed E-state index contributed by atoms with van der Waals surface area (Å²) >= 11 is 0. The second kappa shape index (κ2) is 7.02. The lowest BCUT2D eigenvalue weighted by molar-refractivity contribution is -0.0435. The monoisotopic (exact) mass is 318 g/mol. The first-order valence-corrected chi connectivity index (χ1v) is 7.67. The minimum atomic E-state index is -0.0472. The van der Waals surface area contributed by atoms with Crippen LogP contribution in [-0.4, -0.2) is 43.8 Å². The van der Waals surface area contributed by atoms with Crippen molar-refractivity contribution in [3.63, 3.8) is 0 Å². The van der Waals surface area contributed by atoms with Gasteiger partial charge in [0.05, 0.1) is 20.8 Å². The SMILES string of the molecule is COc1ccnc(CN2CCOC(c3ccc(C)o3)C2)c1OC. The second-order valence-electron chi connectivity index (χ2n) is 5.54. The Labute approximate surface area is 136 Å². The van der Waals surface area contributed by atoms with E-state index >= 15 is 0 Å². The van der Waals surface area contributed by atoms with Gasteiger partial charge in [0.25, 0.3) is 0 Å². The van der Waals surface area contributed by atoms with Crippen LogP contribution in [0.2, 0.25) is 0 Å². The van der Waals surface area contributed by atoms with Crippen LogP contribution in [0, 0.1) is 6.92 Å². The fourth-order valence-electron chi connectivity index (χ4n) is 2.82. The summed E-state index contributed by atoms with van der Waals surface area (Å²) in [4.78, 5) is 6.73. The molecule has 1 atom stereocenters. The minimum absolute atomic E-state index is 0.0472. The molecular weight excluding hydrogens is 296 g/mol. The van der Waals surface area contributed by atoms with E-state index in [1.165, 1.54) is 0 Å². The minimum Gasteiger partial charge on any atom is -0.493 e. The molecule has 0 saturated carbocycles. The van der Waals surface area contributed by atoms with Crippen LogP contribution in [0.3, 0.4) is 0 Å². The van der Waals surface area contributed by atoms with E-state index in [0.29, 0.717) is 24.7 Å². The zero-order valence-corrected chi connectivity index (χ0v) is 13.7. The number of aromatic nitrogens is 1. The Morgan fingerprint density at radius 2 is 2.13 bits per heavy atom. The van der Waals surface area contributed by atoms with Crippen LogP contribution in [0.5, 0.6) is 11.5 Å². The highest BCUT2D eigenvalue weighted by atomic mass is 16.5. The fraction of sp³-hybridized carbons (Fsp3) is 0.471. The molecule has 1 unspecified atom stereocenters. The largest absolute Gasteiger partial charge is 0.493 e. The standard InChI is InChI=1S/C17H22N2O4/c1-12-4-5-14(23-12)16-11-19(8-9-22-16)10-13-17(21-3)15(20-2)6-7-18-13/h4-7,16H,8-11H2,1-3H3. The number of pyridine rings is 1. The van der Waals surface area contributed by atoms with Gasteiger partial charge in [0.1, 0.15) is 23.3 Å². The molecule has 1 fully saturated rings. The van der Waals surface area contributed by atoms with E-state index < -0.39 is 0 Å². The highest BCUT2D eigenvalue weighted by Gasteiger charge is 2.25. The van der Waals surface area contributed by atoms with E-state index in [4.69, 9.17) is 18.6 Å². The van der Waals surface area contributed by atoms with Crippen molar-refractivity contribution in [2.75, 3.05) is 33.9 Å². The molecule has 0 aliphatic carbocycles. The predicted octanol–water partition coefficient (Wildman–Crippen LogP) is 2.57. The molecule has 0 radical (unpaired) electrons. The van der Waals surface area contributed by atoms with Crippen molar-refractivity contribution in [1.82, 2.24) is 9.88 Å². The number of hydrogen-bond donors (Lipinski definition) is 0. The Morgan fingerprint density at radius 3 is 2.83 bits per heavy atom. The molecule has 124 valence electrons. The maximum absolute atomic E-state index is 5.83. The first-order chi connectivity index (χ1) is 11.2. The molecule has 3 rings (SSSR count). The average molecular weight is 318 g/mol. The van der Waals surface area contributed by atoms with Crippen molar-refractivity contribution in [3.05, 3.63) is 41.6 Å². The Morgan fingerprint density at radius 1 is 1.26 bits per heavy atom. The molecule has 1 aliphatic heterocycles. The molecule has 0 aromatic carbocycles. The van der Waals surface area contributed by atoms with Crippen molar-refractivity contribution < 1.29 is 18.6 Å². The van der Waals surface area contributed by atoms with Crippen LogP contribution in [0.25, 0.3) is 0 Å². The molecular formula is C17H22N2O4. The van der Waals surface area contributed by atoms with Gasteiger partial charge in [0.2, 0.25) is 0 Å². The van der Waals surface area contributed by atoms with Gasteiger partial charge in [-0.3, -0.25) is 9.88 Å². The Bertz CT molecular complexity index is 656. The Kier molecular flexibility index (Phi) is 4.83. The summed E-state index contributed by atoms with van der Waals surface area (Å²) in [7, 11) is 3.27. The quantitative estimate of drug-likeness (QED) is 0.844. The second-order valence-corrected chi connectivity index (χ2v) is 5.54. The number of hydrogen-bond acceptors (Lipinski definition) is 6. The highest BCUT2D eigenvalue weighted by Crippen LogP contribution is 2.31. The van der Waals surface area contributed by atoms with Gasteiger partial charge in [-0.15, -0.1) is 0 Å². The van der Waals surface area contributed by atoms with Crippen molar-refractivity contribution in [3.8, 4) is 11.5 Å². The van der Waals surface area contributed by atoms with Gasteiger partial charge in [0, 0.05) is 31.9 Å². The zero-order chi connectivity index (χ0) is 16.2. The van der Waals surface area contributed by atoms with Gasteiger partial charge < -0.3 is 18.6 Å². The molecule has 0 bridgehead atoms. The fourth-order valence-corrected chi connectivity index (χ4v) is 2.82. The molecule has 6 nitrogen and oxygen atoms in total. The molecule has 1 aliphatic rings. The highest BCUT2D eigenvalue weighted by molar-refractivity contribution is 5.42. The maximum Gasteiger partial charge on any atom is 0.183 e. The molecule has 0 spiro atoms. The summed E-state index contributed by atoms with van der Waals surface area (Å²) in [5, 5.41) is 0. The van der Waals surface area contributed by atoms with Gasteiger partial charge in [-0.05, 0) is 19.1 Å². The van der Waals surface area contributed by atoms with Gasteiger partial charge in [-0.25, -0.2) is 0 Å². The molecule has 6 heteroatoms. The first-order valence-electron chi connectivity index (χ1n) is 7.67. The molecule has 0 N–H and O–H groups in total. The molecule has 1 saturated heterocycles. The number of furan rings is 1. The summed E-state index contributed by atoms with van der Waals surface area (Å²) in [6.07, 6.45) is 1.69. The van der Waals surface area contributed by atoms with E-state index in [1.807, 2.05) is 19.1 Å². The summed E-state index contributed by atoms with van der Waals surface area (Å²) in [6.45, 7) is 4.89. The van der Waals surface area contributed by atoms with Crippen molar-refractivity contribution >= 4 is 0 Å². The third-order valence-electron chi connectivity index (χ3n) is 3.97. The van der Waals surface area contributed by atoms with E-state index in [0.717, 1.165) is 30.3 Å². The zero-order valence-electron chi connectivity index (χ0n) is 13.7. The van der Waals surface area contributed by atoms with Crippen LogP contribution >= 0.6 is 0 Å². The van der Waals surface area contributed by atoms with Gasteiger partial charge >= 0.3 is 0 Å². The lowest BCUT2D eigenvalue weighted by Crippen LogP contribution is -2.38. The van der Waals surface area contributed by atoms with Gasteiger partial charge in [-0.1, -0.05) is 0 Å². The lowest BCUT2D eigenvalue weighted by atomic mass is 10.2. The van der Waals surface area contributed by atoms with Crippen LogP contribution in [0.15, 0.2) is 28.8 Å². The molecule has 23 heavy (non-hydrogen) atoms. The predicted molar refractivity (Wildman–Crippen MR) is 84.8 cm³/mol. The molecule has 2 aromatic rings. The molecule has 3 heterocycles. The third-order valence-corrected chi connectivity index (χ3v) is 3.97. The normalized spacial score (nSPS) is 18.8. The topological polar surface area (TPSA) is 57.0 Å². The van der Waals surface area contributed by atoms with Crippen LogP contribution in [0.1, 0.15) is 23.3 Å². The number of ether oxygens (including phenoxy) is 3. The summed E-state index contributed by atoms with van der Waals surface area (Å²) < 4.78 is 22.3.